The number of aromatic nitrogens is 2. The second-order valence-electron chi connectivity index (χ2n) is 5.81. The van der Waals surface area contributed by atoms with E-state index in [-0.39, 0.29) is 30.5 Å². The Bertz CT molecular complexity index is 736. The lowest BCUT2D eigenvalue weighted by atomic mass is 10.1. The van der Waals surface area contributed by atoms with Crippen LogP contribution < -0.4 is 5.69 Å². The third-order valence-electron chi connectivity index (χ3n) is 4.18. The highest BCUT2D eigenvalue weighted by molar-refractivity contribution is 5.77. The van der Waals surface area contributed by atoms with Gasteiger partial charge in [0.15, 0.2) is 0 Å². The number of hydrogen-bond donors (Lipinski definition) is 2. The average Bonchev–Trinajstić information content (AvgIpc) is 2.74. The van der Waals surface area contributed by atoms with Gasteiger partial charge < -0.3 is 19.7 Å². The van der Waals surface area contributed by atoms with Gasteiger partial charge >= 0.3 is 5.69 Å². The van der Waals surface area contributed by atoms with Crippen LogP contribution in [0.2, 0.25) is 0 Å². The first-order valence-electron chi connectivity index (χ1n) is 7.83. The van der Waals surface area contributed by atoms with E-state index in [4.69, 9.17) is 4.74 Å². The number of ether oxygens (including phenoxy) is 1. The molecule has 1 aromatic heterocycles. The minimum Gasteiger partial charge on any atom is -0.396 e. The molecule has 0 aliphatic carbocycles. The summed E-state index contributed by atoms with van der Waals surface area (Å²) < 4.78 is 6.98. The summed E-state index contributed by atoms with van der Waals surface area (Å²) in [5, 5.41) is 9.28. The summed E-state index contributed by atoms with van der Waals surface area (Å²) in [6, 6.07) is 7.43. The number of hydrogen-bond acceptors (Lipinski definition) is 4. The van der Waals surface area contributed by atoms with Crippen LogP contribution in [0.25, 0.3) is 11.0 Å². The highest BCUT2D eigenvalue weighted by Gasteiger charge is 2.22. The maximum atomic E-state index is 12.4. The number of benzene rings is 1. The highest BCUT2D eigenvalue weighted by atomic mass is 16.5. The monoisotopic (exact) mass is 319 g/mol. The molecule has 7 nitrogen and oxygen atoms in total. The number of para-hydroxylation sites is 2. The van der Waals surface area contributed by atoms with Crippen LogP contribution >= 0.6 is 0 Å². The molecular formula is C16H21N3O4. The number of H-pyrrole nitrogens is 1. The Morgan fingerprint density at radius 3 is 3.04 bits per heavy atom. The molecule has 1 amide bonds. The Morgan fingerprint density at radius 2 is 2.22 bits per heavy atom. The van der Waals surface area contributed by atoms with Crippen molar-refractivity contribution in [3.63, 3.8) is 0 Å². The van der Waals surface area contributed by atoms with Gasteiger partial charge in [-0.15, -0.1) is 0 Å². The van der Waals surface area contributed by atoms with Crippen LogP contribution in [0.4, 0.5) is 0 Å². The molecule has 1 aliphatic heterocycles. The van der Waals surface area contributed by atoms with Crippen molar-refractivity contribution in [2.75, 3.05) is 32.9 Å². The summed E-state index contributed by atoms with van der Waals surface area (Å²) >= 11 is 0. The molecule has 2 N–H and O–H groups in total. The van der Waals surface area contributed by atoms with Gasteiger partial charge in [-0.1, -0.05) is 12.1 Å². The van der Waals surface area contributed by atoms with Gasteiger partial charge in [0.2, 0.25) is 5.91 Å². The molecule has 3 rings (SSSR count). The molecular weight excluding hydrogens is 298 g/mol. The summed E-state index contributed by atoms with van der Waals surface area (Å²) in [6.07, 6.45) is 0.250. The molecule has 1 atom stereocenters. The maximum Gasteiger partial charge on any atom is 0.326 e. The van der Waals surface area contributed by atoms with Crippen LogP contribution in [0.5, 0.6) is 0 Å². The van der Waals surface area contributed by atoms with Crippen LogP contribution in [0, 0.1) is 5.92 Å². The number of amides is 1. The van der Waals surface area contributed by atoms with Gasteiger partial charge in [-0.25, -0.2) is 4.79 Å². The van der Waals surface area contributed by atoms with E-state index in [0.717, 1.165) is 11.0 Å². The minimum absolute atomic E-state index is 0.00564. The van der Waals surface area contributed by atoms with Gasteiger partial charge in [-0.05, 0) is 12.1 Å². The lowest BCUT2D eigenvalue weighted by Gasteiger charge is -2.22. The van der Waals surface area contributed by atoms with Gasteiger partial charge in [0.25, 0.3) is 0 Å². The zero-order valence-corrected chi connectivity index (χ0v) is 12.9. The normalized spacial score (nSPS) is 19.0. The van der Waals surface area contributed by atoms with Crippen molar-refractivity contribution < 1.29 is 14.6 Å². The van der Waals surface area contributed by atoms with Crippen LogP contribution in [0.3, 0.4) is 0 Å². The second kappa shape index (κ2) is 6.97. The molecule has 7 heteroatoms. The smallest absolute Gasteiger partial charge is 0.326 e. The average molecular weight is 319 g/mol. The van der Waals surface area contributed by atoms with E-state index in [1.54, 1.807) is 9.47 Å². The first-order valence-corrected chi connectivity index (χ1v) is 7.83. The van der Waals surface area contributed by atoms with Crippen LogP contribution in [0.15, 0.2) is 29.1 Å². The van der Waals surface area contributed by atoms with Gasteiger partial charge in [-0.2, -0.15) is 0 Å². The fraction of sp³-hybridized carbons (Fsp3) is 0.500. The van der Waals surface area contributed by atoms with E-state index < -0.39 is 0 Å². The summed E-state index contributed by atoms with van der Waals surface area (Å²) in [5.41, 5.74) is 1.37. The van der Waals surface area contributed by atoms with Crippen LogP contribution in [0.1, 0.15) is 6.42 Å². The van der Waals surface area contributed by atoms with E-state index in [1.807, 2.05) is 24.3 Å². The molecule has 23 heavy (non-hydrogen) atoms. The molecule has 1 fully saturated rings. The summed E-state index contributed by atoms with van der Waals surface area (Å²) in [5.74, 6) is -0.0663. The Hall–Kier alpha value is -2.12. The van der Waals surface area contributed by atoms with E-state index >= 15 is 0 Å². The van der Waals surface area contributed by atoms with Gasteiger partial charge in [-0.3, -0.25) is 9.36 Å². The molecule has 0 unspecified atom stereocenters. The number of carbonyl (C=O) groups excluding carboxylic acids is 1. The Labute approximate surface area is 133 Å². The maximum absolute atomic E-state index is 12.4. The number of nitrogens with zero attached hydrogens (tertiary/aromatic N) is 2. The minimum atomic E-state index is -0.202. The lowest BCUT2D eigenvalue weighted by molar-refractivity contribution is -0.131. The summed E-state index contributed by atoms with van der Waals surface area (Å²) in [7, 11) is 0. The zero-order valence-electron chi connectivity index (χ0n) is 12.9. The number of aliphatic hydroxyl groups is 1. The Morgan fingerprint density at radius 1 is 1.39 bits per heavy atom. The number of rotatable bonds is 4. The van der Waals surface area contributed by atoms with Crippen molar-refractivity contribution in [1.29, 1.82) is 0 Å². The van der Waals surface area contributed by atoms with Crippen LogP contribution in [-0.4, -0.2) is 58.4 Å². The predicted octanol–water partition coefficient (Wildman–Crippen LogP) is 0.187. The van der Waals surface area contributed by atoms with Gasteiger partial charge in [0.1, 0.15) is 0 Å². The molecule has 0 radical (unpaired) electrons. The summed E-state index contributed by atoms with van der Waals surface area (Å²) in [4.78, 5) is 28.9. The molecule has 1 aromatic carbocycles. The van der Waals surface area contributed by atoms with Crippen molar-refractivity contribution in [2.45, 2.75) is 13.0 Å². The molecule has 2 aromatic rings. The van der Waals surface area contributed by atoms with Crippen molar-refractivity contribution >= 4 is 16.9 Å². The quantitative estimate of drug-likeness (QED) is 0.842. The molecule has 1 saturated heterocycles. The standard InChI is InChI=1S/C16H21N3O4/c20-10-12-9-18(7-8-23-11-12)15(21)5-6-19-14-4-2-1-3-13(14)17-16(19)22/h1-4,12,20H,5-11H2,(H,17,22)/t12-/m0/s1. The number of fused-ring (bicyclic) bond motifs is 1. The first-order chi connectivity index (χ1) is 11.2. The Kier molecular flexibility index (Phi) is 4.78. The molecule has 0 bridgehead atoms. The van der Waals surface area contributed by atoms with Crippen LogP contribution in [-0.2, 0) is 16.1 Å². The van der Waals surface area contributed by atoms with E-state index in [2.05, 4.69) is 4.98 Å². The highest BCUT2D eigenvalue weighted by Crippen LogP contribution is 2.11. The van der Waals surface area contributed by atoms with Crippen molar-refractivity contribution in [1.82, 2.24) is 14.5 Å². The molecule has 0 saturated carbocycles. The molecule has 124 valence electrons. The number of nitrogens with one attached hydrogen (secondary N) is 1. The molecule has 0 spiro atoms. The van der Waals surface area contributed by atoms with E-state index in [9.17, 15) is 14.7 Å². The number of aryl methyl sites for hydroxylation is 1. The zero-order chi connectivity index (χ0) is 16.2. The lowest BCUT2D eigenvalue weighted by Crippen LogP contribution is -2.37. The third-order valence-corrected chi connectivity index (χ3v) is 4.18. The second-order valence-corrected chi connectivity index (χ2v) is 5.81. The SMILES string of the molecule is O=C(CCn1c(=O)[nH]c2ccccc21)N1CCOC[C@H](CO)C1. The first kappa shape index (κ1) is 15.8. The molecule has 2 heterocycles. The predicted molar refractivity (Wildman–Crippen MR) is 85.2 cm³/mol. The fourth-order valence-corrected chi connectivity index (χ4v) is 2.91. The van der Waals surface area contributed by atoms with Gasteiger partial charge in [0, 0.05) is 38.6 Å². The fourth-order valence-electron chi connectivity index (χ4n) is 2.91. The largest absolute Gasteiger partial charge is 0.396 e. The number of carbonyl (C=O) groups is 1. The topological polar surface area (TPSA) is 87.6 Å². The number of aliphatic hydroxyl groups excluding tert-OH is 1. The Balaban J connectivity index is 1.68. The van der Waals surface area contributed by atoms with Crippen molar-refractivity contribution in [3.8, 4) is 0 Å². The van der Waals surface area contributed by atoms with Crippen molar-refractivity contribution in [3.05, 3.63) is 34.7 Å². The molecule has 1 aliphatic rings. The van der Waals surface area contributed by atoms with E-state index in [0.29, 0.717) is 32.8 Å². The number of aromatic amines is 1. The van der Waals surface area contributed by atoms with E-state index in [1.165, 1.54) is 0 Å². The van der Waals surface area contributed by atoms with Gasteiger partial charge in [0.05, 0.1) is 24.2 Å². The summed E-state index contributed by atoms with van der Waals surface area (Å²) in [6.45, 7) is 2.32. The number of imidazole rings is 1. The third kappa shape index (κ3) is 3.46. The van der Waals surface area contributed by atoms with Crippen molar-refractivity contribution in [2.24, 2.45) is 5.92 Å².